The molecule has 2 heteroatoms. The van der Waals surface area contributed by atoms with E-state index in [1.165, 1.54) is 5.69 Å². The monoisotopic (exact) mass is 168 g/mol. The summed E-state index contributed by atoms with van der Waals surface area (Å²) < 4.78 is 2.03. The lowest BCUT2D eigenvalue weighted by atomic mass is 10.1. The molecular formula is C10H20N2. The van der Waals surface area contributed by atoms with E-state index in [1.54, 1.807) is 0 Å². The van der Waals surface area contributed by atoms with Crippen LogP contribution in [0.2, 0.25) is 0 Å². The van der Waals surface area contributed by atoms with Crippen molar-refractivity contribution in [3.63, 3.8) is 0 Å². The van der Waals surface area contributed by atoms with Gasteiger partial charge in [0.05, 0.1) is 0 Å². The summed E-state index contributed by atoms with van der Waals surface area (Å²) in [5, 5.41) is 4.17. The maximum absolute atomic E-state index is 4.17. The predicted octanol–water partition coefficient (Wildman–Crippen LogP) is 3.05. The molecule has 0 aromatic carbocycles. The van der Waals surface area contributed by atoms with Gasteiger partial charge in [0.15, 0.2) is 0 Å². The molecule has 2 nitrogen and oxygen atoms in total. The second-order valence-corrected chi connectivity index (χ2v) is 2.73. The Balaban J connectivity index is 0.000000561. The normalized spacial score (nSPS) is 9.50. The van der Waals surface area contributed by atoms with Gasteiger partial charge in [0, 0.05) is 18.4 Å². The molecule has 1 aromatic heterocycles. The number of rotatable bonds is 2. The smallest absolute Gasteiger partial charge is 0.0492 e. The van der Waals surface area contributed by atoms with Gasteiger partial charge in [0.1, 0.15) is 0 Å². The third kappa shape index (κ3) is 2.68. The van der Waals surface area contributed by atoms with E-state index >= 15 is 0 Å². The highest BCUT2D eigenvalue weighted by molar-refractivity contribution is 5.04. The Morgan fingerprint density at radius 3 is 2.33 bits per heavy atom. The number of nitrogens with zero attached hydrogens (tertiary/aromatic N) is 2. The Bertz CT molecular complexity index is 201. The van der Waals surface area contributed by atoms with Crippen LogP contribution in [0.25, 0.3) is 0 Å². The Labute approximate surface area is 75.6 Å². The zero-order chi connectivity index (χ0) is 9.56. The van der Waals surface area contributed by atoms with Crippen LogP contribution in [0.4, 0.5) is 0 Å². The molecule has 0 aliphatic rings. The van der Waals surface area contributed by atoms with Crippen molar-refractivity contribution in [2.75, 3.05) is 0 Å². The Hall–Kier alpha value is -0.790. The molecule has 0 radical (unpaired) electrons. The standard InChI is InChI=1S/C8H14N2.C2H6/c1-4-10-8(7(2)3)5-6-9-10;1-2/h5-7H,4H2,1-3H3;1-2H3. The number of hydrogen-bond donors (Lipinski definition) is 0. The summed E-state index contributed by atoms with van der Waals surface area (Å²) in [4.78, 5) is 0. The number of hydrogen-bond acceptors (Lipinski definition) is 1. The molecule has 1 aromatic rings. The summed E-state index contributed by atoms with van der Waals surface area (Å²) in [6.45, 7) is 11.5. The van der Waals surface area contributed by atoms with Gasteiger partial charge in [-0.1, -0.05) is 27.7 Å². The first-order chi connectivity index (χ1) is 5.75. The Morgan fingerprint density at radius 1 is 1.42 bits per heavy atom. The lowest BCUT2D eigenvalue weighted by Crippen LogP contribution is -2.03. The van der Waals surface area contributed by atoms with Gasteiger partial charge in [-0.25, -0.2) is 0 Å². The molecule has 0 saturated heterocycles. The summed E-state index contributed by atoms with van der Waals surface area (Å²) in [6.07, 6.45) is 1.86. The van der Waals surface area contributed by atoms with Gasteiger partial charge in [-0.2, -0.15) is 5.10 Å². The van der Waals surface area contributed by atoms with Crippen molar-refractivity contribution in [2.45, 2.75) is 47.1 Å². The van der Waals surface area contributed by atoms with Crippen LogP contribution in [0.15, 0.2) is 12.3 Å². The van der Waals surface area contributed by atoms with Gasteiger partial charge in [0.25, 0.3) is 0 Å². The van der Waals surface area contributed by atoms with E-state index in [4.69, 9.17) is 0 Å². The van der Waals surface area contributed by atoms with Crippen LogP contribution in [0, 0.1) is 0 Å². The van der Waals surface area contributed by atoms with Gasteiger partial charge in [-0.15, -0.1) is 0 Å². The van der Waals surface area contributed by atoms with Crippen molar-refractivity contribution in [2.24, 2.45) is 0 Å². The fourth-order valence-corrected chi connectivity index (χ4v) is 1.10. The molecule has 1 rings (SSSR count). The van der Waals surface area contributed by atoms with Crippen molar-refractivity contribution < 1.29 is 0 Å². The summed E-state index contributed by atoms with van der Waals surface area (Å²) >= 11 is 0. The zero-order valence-electron chi connectivity index (χ0n) is 8.83. The van der Waals surface area contributed by atoms with Gasteiger partial charge in [0.2, 0.25) is 0 Å². The molecular weight excluding hydrogens is 148 g/mol. The summed E-state index contributed by atoms with van der Waals surface area (Å²) in [5.74, 6) is 0.586. The highest BCUT2D eigenvalue weighted by atomic mass is 15.3. The molecule has 1 heterocycles. The van der Waals surface area contributed by atoms with Gasteiger partial charge < -0.3 is 0 Å². The summed E-state index contributed by atoms with van der Waals surface area (Å²) in [7, 11) is 0. The van der Waals surface area contributed by atoms with E-state index in [2.05, 4.69) is 31.9 Å². The molecule has 0 fully saturated rings. The molecule has 12 heavy (non-hydrogen) atoms. The highest BCUT2D eigenvalue weighted by Crippen LogP contribution is 2.12. The van der Waals surface area contributed by atoms with E-state index in [9.17, 15) is 0 Å². The molecule has 0 aliphatic carbocycles. The van der Waals surface area contributed by atoms with Crippen molar-refractivity contribution in [3.05, 3.63) is 18.0 Å². The molecule has 0 spiro atoms. The first-order valence-corrected chi connectivity index (χ1v) is 4.77. The molecule has 0 amide bonds. The van der Waals surface area contributed by atoms with Crippen LogP contribution < -0.4 is 0 Å². The van der Waals surface area contributed by atoms with Crippen LogP contribution in [0.5, 0.6) is 0 Å². The lowest BCUT2D eigenvalue weighted by Gasteiger charge is -2.06. The minimum Gasteiger partial charge on any atom is -0.270 e. The van der Waals surface area contributed by atoms with Crippen molar-refractivity contribution in [1.29, 1.82) is 0 Å². The van der Waals surface area contributed by atoms with Gasteiger partial charge >= 0.3 is 0 Å². The maximum Gasteiger partial charge on any atom is 0.0492 e. The molecule has 0 unspecified atom stereocenters. The predicted molar refractivity (Wildman–Crippen MR) is 53.3 cm³/mol. The second kappa shape index (κ2) is 5.81. The van der Waals surface area contributed by atoms with E-state index < -0.39 is 0 Å². The molecule has 0 N–H and O–H groups in total. The van der Waals surface area contributed by atoms with Crippen LogP contribution in [0.1, 0.15) is 46.2 Å². The van der Waals surface area contributed by atoms with Gasteiger partial charge in [-0.3, -0.25) is 4.68 Å². The SMILES string of the molecule is CC.CCn1nccc1C(C)C. The number of aryl methyl sites for hydroxylation is 1. The maximum atomic E-state index is 4.17. The largest absolute Gasteiger partial charge is 0.270 e. The minimum absolute atomic E-state index is 0.586. The third-order valence-electron chi connectivity index (χ3n) is 1.64. The quantitative estimate of drug-likeness (QED) is 0.663. The van der Waals surface area contributed by atoms with Crippen molar-refractivity contribution >= 4 is 0 Å². The molecule has 0 saturated carbocycles. The lowest BCUT2D eigenvalue weighted by molar-refractivity contribution is 0.598. The Morgan fingerprint density at radius 2 is 2.00 bits per heavy atom. The van der Waals surface area contributed by atoms with E-state index in [-0.39, 0.29) is 0 Å². The average Bonchev–Trinajstić information content (AvgIpc) is 2.55. The summed E-state index contributed by atoms with van der Waals surface area (Å²) in [5.41, 5.74) is 1.32. The second-order valence-electron chi connectivity index (χ2n) is 2.73. The first kappa shape index (κ1) is 11.2. The molecule has 0 aliphatic heterocycles. The molecule has 70 valence electrons. The minimum atomic E-state index is 0.586. The van der Waals surface area contributed by atoms with Crippen LogP contribution >= 0.6 is 0 Å². The van der Waals surface area contributed by atoms with Gasteiger partial charge in [-0.05, 0) is 18.9 Å². The third-order valence-corrected chi connectivity index (χ3v) is 1.64. The van der Waals surface area contributed by atoms with Crippen LogP contribution in [0.3, 0.4) is 0 Å². The fourth-order valence-electron chi connectivity index (χ4n) is 1.10. The number of aromatic nitrogens is 2. The van der Waals surface area contributed by atoms with E-state index in [0.717, 1.165) is 6.54 Å². The zero-order valence-corrected chi connectivity index (χ0v) is 8.83. The fraction of sp³-hybridized carbons (Fsp3) is 0.700. The van der Waals surface area contributed by atoms with E-state index in [0.29, 0.717) is 5.92 Å². The summed E-state index contributed by atoms with van der Waals surface area (Å²) in [6, 6.07) is 2.08. The highest BCUT2D eigenvalue weighted by Gasteiger charge is 2.03. The Kier molecular flexibility index (Phi) is 5.43. The van der Waals surface area contributed by atoms with E-state index in [1.807, 2.05) is 24.7 Å². The van der Waals surface area contributed by atoms with Crippen LogP contribution in [-0.4, -0.2) is 9.78 Å². The van der Waals surface area contributed by atoms with Crippen LogP contribution in [-0.2, 0) is 6.54 Å². The molecule has 0 bridgehead atoms. The van der Waals surface area contributed by atoms with Crippen molar-refractivity contribution in [3.8, 4) is 0 Å². The topological polar surface area (TPSA) is 17.8 Å². The first-order valence-electron chi connectivity index (χ1n) is 4.77. The molecule has 0 atom stereocenters. The average molecular weight is 168 g/mol. The van der Waals surface area contributed by atoms with Crippen molar-refractivity contribution in [1.82, 2.24) is 9.78 Å².